The Bertz CT molecular complexity index is 1030. The van der Waals surface area contributed by atoms with Crippen LogP contribution < -0.4 is 16.4 Å². The average molecular weight is 462 g/mol. The molecule has 9 nitrogen and oxygen atoms in total. The average Bonchev–Trinajstić information content (AvgIpc) is 3.09. The van der Waals surface area contributed by atoms with Gasteiger partial charge in [-0.1, -0.05) is 39.0 Å². The third-order valence-corrected chi connectivity index (χ3v) is 7.03. The number of rotatable bonds is 7. The summed E-state index contributed by atoms with van der Waals surface area (Å²) in [6.07, 6.45) is 1.74. The summed E-state index contributed by atoms with van der Waals surface area (Å²) in [5, 5.41) is 10.6. The molecule has 0 radical (unpaired) electrons. The Kier molecular flexibility index (Phi) is 7.33. The Morgan fingerprint density at radius 3 is 2.50 bits per heavy atom. The van der Waals surface area contributed by atoms with E-state index in [1.165, 1.54) is 0 Å². The minimum absolute atomic E-state index is 0.247. The molecule has 4 N–H and O–H groups in total. The molecule has 1 aliphatic rings. The summed E-state index contributed by atoms with van der Waals surface area (Å²) in [6.45, 7) is 5.82. The molecule has 1 unspecified atom stereocenters. The highest BCUT2D eigenvalue weighted by Gasteiger charge is 2.34. The smallest absolute Gasteiger partial charge is 0.273 e. The fraction of sp³-hybridized carbons (Fsp3) is 0.545. The summed E-state index contributed by atoms with van der Waals surface area (Å²) >= 11 is 0. The number of primary amides is 1. The van der Waals surface area contributed by atoms with E-state index in [4.69, 9.17) is 5.73 Å². The van der Waals surface area contributed by atoms with Crippen molar-refractivity contribution in [3.63, 3.8) is 0 Å². The molecule has 0 aliphatic carbocycles. The molecule has 0 bridgehead atoms. The zero-order chi connectivity index (χ0) is 23.5. The van der Waals surface area contributed by atoms with Gasteiger partial charge in [0.25, 0.3) is 5.91 Å². The highest BCUT2D eigenvalue weighted by atomic mass is 32.2. The van der Waals surface area contributed by atoms with Gasteiger partial charge in [-0.15, -0.1) is 0 Å². The lowest BCUT2D eigenvalue weighted by Crippen LogP contribution is -2.54. The van der Waals surface area contributed by atoms with Crippen molar-refractivity contribution in [3.8, 4) is 0 Å². The van der Waals surface area contributed by atoms with Crippen LogP contribution in [0, 0.1) is 11.3 Å². The molecular weight excluding hydrogens is 430 g/mol. The van der Waals surface area contributed by atoms with E-state index in [1.807, 2.05) is 49.7 Å². The lowest BCUT2D eigenvalue weighted by atomic mass is 9.86. The number of hydrogen-bond donors (Lipinski definition) is 3. The summed E-state index contributed by atoms with van der Waals surface area (Å²) in [5.41, 5.74) is 5.61. The first-order valence-corrected chi connectivity index (χ1v) is 12.2. The summed E-state index contributed by atoms with van der Waals surface area (Å²) < 4.78 is 13.5. The predicted molar refractivity (Wildman–Crippen MR) is 123 cm³/mol. The van der Waals surface area contributed by atoms with Gasteiger partial charge in [-0.25, -0.2) is 0 Å². The SMILES string of the molecule is CC(C)(C)C(NC(=O)c1nn(CC2CCS(=O)CC2)c2ccccc12)C(=O)NCC(N)=O. The van der Waals surface area contributed by atoms with E-state index in [0.29, 0.717) is 29.4 Å². The number of amides is 3. The van der Waals surface area contributed by atoms with E-state index in [2.05, 4.69) is 15.7 Å². The molecule has 2 heterocycles. The first-order valence-electron chi connectivity index (χ1n) is 10.7. The lowest BCUT2D eigenvalue weighted by molar-refractivity contribution is -0.128. The maximum Gasteiger partial charge on any atom is 0.273 e. The van der Waals surface area contributed by atoms with Crippen LogP contribution in [-0.2, 0) is 26.9 Å². The van der Waals surface area contributed by atoms with E-state index in [-0.39, 0.29) is 12.2 Å². The number of carbonyl (C=O) groups is 3. The van der Waals surface area contributed by atoms with Crippen LogP contribution >= 0.6 is 0 Å². The molecule has 1 fully saturated rings. The molecule has 2 aromatic rings. The minimum atomic E-state index is -0.883. The standard InChI is InChI=1S/C22H31N5O4S/c1-22(2,3)19(21(30)24-12-17(23)28)25-20(29)18-15-6-4-5-7-16(15)27(26-18)13-14-8-10-32(31)11-9-14/h4-7,14,19H,8-13H2,1-3H3,(H2,23,28)(H,24,30)(H,25,29). The van der Waals surface area contributed by atoms with Crippen LogP contribution in [0.15, 0.2) is 24.3 Å². The molecule has 0 spiro atoms. The highest BCUT2D eigenvalue weighted by molar-refractivity contribution is 7.85. The molecule has 174 valence electrons. The Morgan fingerprint density at radius 2 is 1.88 bits per heavy atom. The van der Waals surface area contributed by atoms with Gasteiger partial charge in [-0.2, -0.15) is 5.10 Å². The molecule has 1 atom stereocenters. The van der Waals surface area contributed by atoms with Gasteiger partial charge in [-0.3, -0.25) is 23.3 Å². The maximum absolute atomic E-state index is 13.2. The van der Waals surface area contributed by atoms with Crippen molar-refractivity contribution in [2.45, 2.75) is 46.2 Å². The summed E-state index contributed by atoms with van der Waals surface area (Å²) in [5.74, 6) is 0.153. The topological polar surface area (TPSA) is 136 Å². The van der Waals surface area contributed by atoms with Crippen LogP contribution in [0.3, 0.4) is 0 Å². The molecule has 1 aliphatic heterocycles. The molecule has 1 aromatic carbocycles. The normalized spacial score (nSPS) is 20.0. The molecule has 1 saturated heterocycles. The fourth-order valence-corrected chi connectivity index (χ4v) is 5.25. The van der Waals surface area contributed by atoms with Crippen molar-refractivity contribution in [1.82, 2.24) is 20.4 Å². The number of hydrogen-bond acceptors (Lipinski definition) is 5. The second-order valence-electron chi connectivity index (χ2n) is 9.30. The van der Waals surface area contributed by atoms with Gasteiger partial charge in [0.05, 0.1) is 12.1 Å². The molecular formula is C22H31N5O4S. The zero-order valence-electron chi connectivity index (χ0n) is 18.7. The van der Waals surface area contributed by atoms with E-state index >= 15 is 0 Å². The minimum Gasteiger partial charge on any atom is -0.368 e. The number of nitrogens with zero attached hydrogens (tertiary/aromatic N) is 2. The quantitative estimate of drug-likeness (QED) is 0.564. The van der Waals surface area contributed by atoms with Gasteiger partial charge in [0.2, 0.25) is 11.8 Å². The molecule has 3 rings (SSSR count). The molecule has 0 saturated carbocycles. The monoisotopic (exact) mass is 461 g/mol. The van der Waals surface area contributed by atoms with Gasteiger partial charge >= 0.3 is 0 Å². The van der Waals surface area contributed by atoms with Crippen molar-refractivity contribution in [2.75, 3.05) is 18.1 Å². The van der Waals surface area contributed by atoms with Crippen molar-refractivity contribution in [3.05, 3.63) is 30.0 Å². The van der Waals surface area contributed by atoms with Crippen LogP contribution in [0.5, 0.6) is 0 Å². The summed E-state index contributed by atoms with van der Waals surface area (Å²) in [4.78, 5) is 36.9. The number of fused-ring (bicyclic) bond motifs is 1. The lowest BCUT2D eigenvalue weighted by Gasteiger charge is -2.30. The Hall–Kier alpha value is -2.75. The number of nitrogens with one attached hydrogen (secondary N) is 2. The third-order valence-electron chi connectivity index (χ3n) is 5.65. The summed E-state index contributed by atoms with van der Waals surface area (Å²) in [7, 11) is -0.733. The Balaban J connectivity index is 1.84. The van der Waals surface area contributed by atoms with Gasteiger partial charge in [-0.05, 0) is 30.2 Å². The second-order valence-corrected chi connectivity index (χ2v) is 11.0. The predicted octanol–water partition coefficient (Wildman–Crippen LogP) is 0.941. The molecule has 10 heteroatoms. The van der Waals surface area contributed by atoms with Gasteiger partial charge < -0.3 is 16.4 Å². The molecule has 3 amide bonds. The number of benzene rings is 1. The highest BCUT2D eigenvalue weighted by Crippen LogP contribution is 2.25. The maximum atomic E-state index is 13.2. The first-order chi connectivity index (χ1) is 15.1. The van der Waals surface area contributed by atoms with E-state index in [0.717, 1.165) is 18.4 Å². The van der Waals surface area contributed by atoms with Crippen LogP contribution in [-0.4, -0.2) is 55.8 Å². The number of aromatic nitrogens is 2. The van der Waals surface area contributed by atoms with E-state index in [1.54, 1.807) is 0 Å². The van der Waals surface area contributed by atoms with Crippen LogP contribution in [0.1, 0.15) is 44.1 Å². The van der Waals surface area contributed by atoms with Crippen molar-refractivity contribution in [2.24, 2.45) is 17.1 Å². The molecule has 32 heavy (non-hydrogen) atoms. The molecule has 1 aromatic heterocycles. The van der Waals surface area contributed by atoms with E-state index < -0.39 is 40.0 Å². The second kappa shape index (κ2) is 9.81. The van der Waals surface area contributed by atoms with Crippen molar-refractivity contribution < 1.29 is 18.6 Å². The van der Waals surface area contributed by atoms with Gasteiger partial charge in [0.1, 0.15) is 6.04 Å². The van der Waals surface area contributed by atoms with E-state index in [9.17, 15) is 18.6 Å². The van der Waals surface area contributed by atoms with Crippen LogP contribution in [0.25, 0.3) is 10.9 Å². The van der Waals surface area contributed by atoms with Crippen LogP contribution in [0.2, 0.25) is 0 Å². The Labute approximate surface area is 189 Å². The number of carbonyl (C=O) groups excluding carboxylic acids is 3. The zero-order valence-corrected chi connectivity index (χ0v) is 19.5. The van der Waals surface area contributed by atoms with Crippen LogP contribution in [0.4, 0.5) is 0 Å². The summed E-state index contributed by atoms with van der Waals surface area (Å²) in [6, 6.07) is 6.61. The van der Waals surface area contributed by atoms with Gasteiger partial charge in [0, 0.05) is 34.2 Å². The third kappa shape index (κ3) is 5.73. The largest absolute Gasteiger partial charge is 0.368 e. The first kappa shape index (κ1) is 23.9. The van der Waals surface area contributed by atoms with Crippen molar-refractivity contribution in [1.29, 1.82) is 0 Å². The number of nitrogens with two attached hydrogens (primary N) is 1. The Morgan fingerprint density at radius 1 is 1.22 bits per heavy atom. The van der Waals surface area contributed by atoms with Crippen molar-refractivity contribution >= 4 is 39.4 Å². The number of para-hydroxylation sites is 1. The fourth-order valence-electron chi connectivity index (χ4n) is 3.86. The van der Waals surface area contributed by atoms with Gasteiger partial charge in [0.15, 0.2) is 5.69 Å².